The van der Waals surface area contributed by atoms with Crippen molar-refractivity contribution in [3.63, 3.8) is 0 Å². The Morgan fingerprint density at radius 2 is 0.554 bits per heavy atom. The van der Waals surface area contributed by atoms with E-state index in [4.69, 9.17) is 283 Å². The average molecular weight is 1380 g/mol. The van der Waals surface area contributed by atoms with Crippen LogP contribution >= 0.6 is 278 Å². The summed E-state index contributed by atoms with van der Waals surface area (Å²) in [6, 6.07) is 18.1. The first kappa shape index (κ1) is 61.0. The molecular weight excluding hydrogens is 1360 g/mol. The third-order valence-electron chi connectivity index (χ3n) is 9.38. The molecule has 0 saturated heterocycles. The Bertz CT molecular complexity index is 2270. The largest absolute Gasteiger partial charge is 0.457 e. The molecule has 5 nitrogen and oxygen atoms in total. The van der Waals surface area contributed by atoms with Crippen molar-refractivity contribution in [3.8, 4) is 33.8 Å². The number of hydrogen-bond acceptors (Lipinski definition) is 5. The monoisotopic (exact) mass is 1370 g/mol. The van der Waals surface area contributed by atoms with Crippen LogP contribution in [0.1, 0.15) is 22.3 Å². The zero-order chi connectivity index (χ0) is 50.4. The van der Waals surface area contributed by atoms with Gasteiger partial charge in [0, 0.05) is 5.56 Å². The lowest BCUT2D eigenvalue weighted by Crippen LogP contribution is -2.49. The summed E-state index contributed by atoms with van der Waals surface area (Å²) < 4.78 is -15.8. The molecule has 29 heteroatoms. The molecule has 0 aliphatic carbocycles. The summed E-state index contributed by atoms with van der Waals surface area (Å²) in [6.07, 6.45) is 0. The van der Waals surface area contributed by atoms with Gasteiger partial charge in [-0.3, -0.25) is 0 Å². The Kier molecular flexibility index (Phi) is 19.3. The minimum absolute atomic E-state index is 0.00243. The van der Waals surface area contributed by atoms with Crippen LogP contribution in [-0.4, -0.2) is 53.7 Å². The predicted octanol–water partition coefficient (Wildman–Crippen LogP) is 18.5. The van der Waals surface area contributed by atoms with Crippen LogP contribution in [0, 0.1) is 0 Å². The van der Waals surface area contributed by atoms with Crippen molar-refractivity contribution in [1.29, 1.82) is 0 Å². The molecule has 0 spiro atoms. The Labute approximate surface area is 491 Å². The fourth-order valence-corrected chi connectivity index (χ4v) is 12.8. The summed E-state index contributed by atoms with van der Waals surface area (Å²) >= 11 is 151. The molecule has 360 valence electrons. The normalized spacial score (nSPS) is 17.7. The van der Waals surface area contributed by atoms with Crippen molar-refractivity contribution in [1.82, 2.24) is 0 Å². The van der Waals surface area contributed by atoms with Gasteiger partial charge in [-0.25, -0.2) is 0 Å². The average Bonchev–Trinajstić information content (AvgIpc) is 3.13. The van der Waals surface area contributed by atoms with E-state index < -0.39 is 52.7 Å². The van der Waals surface area contributed by atoms with Crippen molar-refractivity contribution >= 4 is 278 Å². The fourth-order valence-electron chi connectivity index (χ4n) is 6.16. The van der Waals surface area contributed by atoms with Gasteiger partial charge >= 0.3 is 0 Å². The van der Waals surface area contributed by atoms with Gasteiger partial charge in [-0.15, -0.1) is 46.4 Å². The van der Waals surface area contributed by atoms with Crippen LogP contribution in [0.3, 0.4) is 0 Å². The van der Waals surface area contributed by atoms with Gasteiger partial charge in [-0.2, -0.15) is 0 Å². The van der Waals surface area contributed by atoms with E-state index in [9.17, 15) is 20.4 Å². The number of aliphatic hydroxyl groups is 4. The SMILES string of the molecule is OC(Cl)(Cl)C(Cl)(c1ccc(Oc2ccc(C(Cl)(C(O)(Cl)Cl)C(Cl)(Cl)Cl)c(-c3ccc(C(Cl)(C(O)(Cl)Cl)C(Cl)(Cl)Cl)cc3)c2-c2ccc(C(Cl)(C(O)(Cl)Cl)C(Cl)(Cl)Cl)cc2)cc1)C(Cl)(Cl)Cl. The standard InChI is InChI=1S/C36H18Cl24O5/c37-25(29(41,42)43,33(53,54)61)17-5-1-15(2-6-17)23-21(28(40,32(50,51)52)36(59,60)64)13-14-22(65-20-11-9-19(10-12-20)27(39,31(47,48)49)35(57,58)63)24(23)16-3-7-18(8-4-16)26(38,30(44,45)46)34(55,56)62/h1-14,61-64H. The zero-order valence-electron chi connectivity index (χ0n) is 30.4. The van der Waals surface area contributed by atoms with Crippen molar-refractivity contribution in [3.05, 3.63) is 107 Å². The van der Waals surface area contributed by atoms with Crippen molar-refractivity contribution in [2.45, 2.75) is 52.7 Å². The second kappa shape index (κ2) is 20.5. The molecule has 4 aromatic rings. The van der Waals surface area contributed by atoms with Crippen molar-refractivity contribution < 1.29 is 25.2 Å². The lowest BCUT2D eigenvalue weighted by Gasteiger charge is -2.41. The Morgan fingerprint density at radius 3 is 0.815 bits per heavy atom. The second-order valence-corrected chi connectivity index (χ2v) is 30.0. The van der Waals surface area contributed by atoms with Crippen LogP contribution in [0.2, 0.25) is 0 Å². The number of hydrogen-bond donors (Lipinski definition) is 4. The van der Waals surface area contributed by atoms with E-state index in [0.29, 0.717) is 0 Å². The molecule has 0 aliphatic rings. The first-order valence-electron chi connectivity index (χ1n) is 16.5. The topological polar surface area (TPSA) is 90.2 Å². The number of halogens is 24. The first-order chi connectivity index (χ1) is 28.9. The number of benzene rings is 4. The van der Waals surface area contributed by atoms with Gasteiger partial charge in [0.05, 0.1) is 0 Å². The van der Waals surface area contributed by atoms with Crippen LogP contribution in [0.5, 0.6) is 11.5 Å². The van der Waals surface area contributed by atoms with Crippen LogP contribution in [-0.2, 0) is 19.5 Å². The molecule has 0 aromatic heterocycles. The highest BCUT2D eigenvalue weighted by molar-refractivity contribution is 6.75. The molecule has 0 bridgehead atoms. The fraction of sp³-hybridized carbons (Fsp3) is 0.333. The van der Waals surface area contributed by atoms with Crippen molar-refractivity contribution in [2.24, 2.45) is 0 Å². The van der Waals surface area contributed by atoms with E-state index in [1.807, 2.05) is 0 Å². The molecule has 4 unspecified atom stereocenters. The number of ether oxygens (including phenoxy) is 1. The van der Waals surface area contributed by atoms with Crippen molar-refractivity contribution in [2.75, 3.05) is 0 Å². The Balaban J connectivity index is 2.22. The first-order valence-corrected chi connectivity index (χ1v) is 25.5. The van der Waals surface area contributed by atoms with Gasteiger partial charge in [-0.05, 0) is 57.1 Å². The van der Waals surface area contributed by atoms with Crippen LogP contribution in [0.25, 0.3) is 22.3 Å². The lowest BCUT2D eigenvalue weighted by atomic mass is 9.83. The molecule has 4 N–H and O–H groups in total. The van der Waals surface area contributed by atoms with E-state index in [1.165, 1.54) is 84.9 Å². The lowest BCUT2D eigenvalue weighted by molar-refractivity contribution is 0.161. The molecule has 4 aromatic carbocycles. The van der Waals surface area contributed by atoms with E-state index >= 15 is 0 Å². The molecule has 0 radical (unpaired) electrons. The van der Waals surface area contributed by atoms with E-state index in [2.05, 4.69) is 0 Å². The van der Waals surface area contributed by atoms with Crippen LogP contribution in [0.4, 0.5) is 0 Å². The minimum atomic E-state index is -3.11. The highest BCUT2D eigenvalue weighted by atomic mass is 35.6. The highest BCUT2D eigenvalue weighted by Crippen LogP contribution is 2.64. The summed E-state index contributed by atoms with van der Waals surface area (Å²) in [4.78, 5) is -10.3. The summed E-state index contributed by atoms with van der Waals surface area (Å²) in [7, 11) is 0. The quantitative estimate of drug-likeness (QED) is 0.106. The van der Waals surface area contributed by atoms with Gasteiger partial charge in [0.15, 0.2) is 19.5 Å². The summed E-state index contributed by atoms with van der Waals surface area (Å²) in [5.74, 6) is -0.0625. The van der Waals surface area contributed by atoms with Crippen LogP contribution < -0.4 is 4.74 Å². The summed E-state index contributed by atoms with van der Waals surface area (Å²) in [5, 5.41) is 43.3. The van der Waals surface area contributed by atoms with Gasteiger partial charge in [0.25, 0.3) is 0 Å². The predicted molar refractivity (Wildman–Crippen MR) is 282 cm³/mol. The molecule has 0 fully saturated rings. The molecule has 0 amide bonds. The van der Waals surface area contributed by atoms with Gasteiger partial charge < -0.3 is 25.2 Å². The van der Waals surface area contributed by atoms with Gasteiger partial charge in [0.2, 0.25) is 33.2 Å². The van der Waals surface area contributed by atoms with Gasteiger partial charge in [0.1, 0.15) is 11.5 Å². The molecule has 65 heavy (non-hydrogen) atoms. The van der Waals surface area contributed by atoms with E-state index in [-0.39, 0.29) is 56.0 Å². The third kappa shape index (κ3) is 11.5. The molecular formula is C36H18Cl24O5. The van der Waals surface area contributed by atoms with E-state index in [1.54, 1.807) is 0 Å². The second-order valence-electron chi connectivity index (χ2n) is 13.4. The summed E-state index contributed by atoms with van der Waals surface area (Å²) in [5.41, 5.74) is -0.559. The smallest absolute Gasteiger partial charge is 0.243 e. The molecule has 0 heterocycles. The molecule has 0 saturated carbocycles. The Morgan fingerprint density at radius 1 is 0.292 bits per heavy atom. The maximum Gasteiger partial charge on any atom is 0.243 e. The van der Waals surface area contributed by atoms with E-state index in [0.717, 1.165) is 0 Å². The Hall–Kier alpha value is 3.48. The molecule has 4 atom stereocenters. The number of rotatable bonds is 12. The summed E-state index contributed by atoms with van der Waals surface area (Å²) in [6.45, 7) is 0. The minimum Gasteiger partial charge on any atom is -0.457 e. The van der Waals surface area contributed by atoms with Gasteiger partial charge in [-0.1, -0.05) is 299 Å². The zero-order valence-corrected chi connectivity index (χ0v) is 48.5. The van der Waals surface area contributed by atoms with Crippen LogP contribution in [0.15, 0.2) is 84.9 Å². The third-order valence-corrected chi connectivity index (χ3v) is 20.1. The number of alkyl halides is 24. The highest BCUT2D eigenvalue weighted by Gasteiger charge is 2.65. The molecule has 0 aliphatic heterocycles. The maximum atomic E-state index is 11.3. The maximum absolute atomic E-state index is 11.3. The molecule has 4 rings (SSSR count).